The first-order valence-corrected chi connectivity index (χ1v) is 17.1. The molecule has 246 valence electrons. The molecular weight excluding hydrogens is 614 g/mol. The highest BCUT2D eigenvalue weighted by molar-refractivity contribution is 6.32. The van der Waals surface area contributed by atoms with Gasteiger partial charge in [-0.15, -0.1) is 0 Å². The smallest absolute Gasteiger partial charge is 0.319 e. The molecule has 8 rings (SSSR count). The maximum Gasteiger partial charge on any atom is 0.319 e. The highest BCUT2D eigenvalue weighted by Crippen LogP contribution is 2.52. The Morgan fingerprint density at radius 1 is 1.00 bits per heavy atom. The SMILES string of the molecule is COCOc1cc(Cl)c(C2CC2)c(-c2c(F)cc3c(N4CCCC5(CC(O)C5)C4)nc(OCC45CCCN4CCC5)nc3c2F)c1. The lowest BCUT2D eigenvalue weighted by Crippen LogP contribution is -2.52. The molecule has 2 aliphatic carbocycles. The molecule has 0 unspecified atom stereocenters. The van der Waals surface area contributed by atoms with E-state index in [1.165, 1.54) is 13.2 Å². The quantitative estimate of drug-likeness (QED) is 0.252. The van der Waals surface area contributed by atoms with Gasteiger partial charge in [0.15, 0.2) is 12.6 Å². The maximum atomic E-state index is 17.0. The van der Waals surface area contributed by atoms with Crippen LogP contribution in [0.3, 0.4) is 0 Å². The Balaban J connectivity index is 1.25. The lowest BCUT2D eigenvalue weighted by atomic mass is 9.62. The maximum absolute atomic E-state index is 17.0. The fourth-order valence-electron chi connectivity index (χ4n) is 8.83. The van der Waals surface area contributed by atoms with E-state index in [0.717, 1.165) is 82.9 Å². The van der Waals surface area contributed by atoms with Crippen LogP contribution in [0.5, 0.6) is 11.8 Å². The summed E-state index contributed by atoms with van der Waals surface area (Å²) in [5.74, 6) is -0.499. The van der Waals surface area contributed by atoms with Crippen molar-refractivity contribution in [2.75, 3.05) is 51.6 Å². The highest BCUT2D eigenvalue weighted by atomic mass is 35.5. The zero-order chi connectivity index (χ0) is 31.6. The van der Waals surface area contributed by atoms with Crippen LogP contribution in [0.2, 0.25) is 5.02 Å². The molecule has 3 saturated heterocycles. The molecule has 1 spiro atoms. The van der Waals surface area contributed by atoms with Crippen LogP contribution in [0, 0.1) is 17.0 Å². The van der Waals surface area contributed by atoms with E-state index < -0.39 is 11.6 Å². The van der Waals surface area contributed by atoms with Crippen LogP contribution in [0.4, 0.5) is 14.6 Å². The number of hydrogen-bond donors (Lipinski definition) is 1. The summed E-state index contributed by atoms with van der Waals surface area (Å²) in [6, 6.07) is 4.80. The largest absolute Gasteiger partial charge is 0.467 e. The number of aromatic nitrogens is 2. The van der Waals surface area contributed by atoms with Gasteiger partial charge in [0.25, 0.3) is 0 Å². The molecule has 4 heterocycles. The minimum absolute atomic E-state index is 0.0152. The van der Waals surface area contributed by atoms with E-state index in [1.807, 2.05) is 0 Å². The van der Waals surface area contributed by atoms with Crippen LogP contribution < -0.4 is 14.4 Å². The number of ether oxygens (including phenoxy) is 3. The zero-order valence-electron chi connectivity index (χ0n) is 26.3. The minimum atomic E-state index is -0.766. The second-order valence-electron chi connectivity index (χ2n) is 14.3. The summed E-state index contributed by atoms with van der Waals surface area (Å²) in [5, 5.41) is 10.9. The van der Waals surface area contributed by atoms with Crippen LogP contribution in [0.25, 0.3) is 22.0 Å². The molecule has 1 N–H and O–H groups in total. The third kappa shape index (κ3) is 5.29. The first kappa shape index (κ1) is 30.5. The Kier molecular flexibility index (Phi) is 7.78. The first-order valence-electron chi connectivity index (χ1n) is 16.7. The average Bonchev–Trinajstić information content (AvgIpc) is 3.65. The molecule has 5 aliphatic rings. The molecule has 5 fully saturated rings. The van der Waals surface area contributed by atoms with Crippen molar-refractivity contribution in [2.24, 2.45) is 5.41 Å². The van der Waals surface area contributed by atoms with Crippen molar-refractivity contribution >= 4 is 28.3 Å². The van der Waals surface area contributed by atoms with Gasteiger partial charge >= 0.3 is 6.01 Å². The molecule has 0 atom stereocenters. The van der Waals surface area contributed by atoms with E-state index in [9.17, 15) is 5.11 Å². The fourth-order valence-corrected chi connectivity index (χ4v) is 9.19. The van der Waals surface area contributed by atoms with Crippen LogP contribution in [0.1, 0.15) is 75.7 Å². The van der Waals surface area contributed by atoms with Crippen molar-refractivity contribution < 1.29 is 28.1 Å². The summed E-state index contributed by atoms with van der Waals surface area (Å²) in [4.78, 5) is 14.1. The van der Waals surface area contributed by atoms with E-state index in [-0.39, 0.29) is 46.9 Å². The average molecular weight is 655 g/mol. The Morgan fingerprint density at radius 3 is 2.48 bits per heavy atom. The number of fused-ring (bicyclic) bond motifs is 2. The van der Waals surface area contributed by atoms with Crippen molar-refractivity contribution in [3.05, 3.63) is 40.4 Å². The molecular formula is C35H41ClF2N4O4. The van der Waals surface area contributed by atoms with E-state index >= 15 is 8.78 Å². The molecule has 0 amide bonds. The van der Waals surface area contributed by atoms with Gasteiger partial charge in [-0.3, -0.25) is 4.90 Å². The summed E-state index contributed by atoms with van der Waals surface area (Å²) < 4.78 is 50.5. The Hall–Kier alpha value is -2.79. The Labute approximate surface area is 273 Å². The van der Waals surface area contributed by atoms with Gasteiger partial charge in [-0.1, -0.05) is 11.6 Å². The third-order valence-electron chi connectivity index (χ3n) is 11.1. The van der Waals surface area contributed by atoms with Gasteiger partial charge in [0.1, 0.15) is 29.5 Å². The highest BCUT2D eigenvalue weighted by Gasteiger charge is 2.47. The summed E-state index contributed by atoms with van der Waals surface area (Å²) in [6.07, 6.45) is 9.26. The number of hydrogen-bond acceptors (Lipinski definition) is 8. The predicted molar refractivity (Wildman–Crippen MR) is 172 cm³/mol. The van der Waals surface area contributed by atoms with Gasteiger partial charge in [-0.25, -0.2) is 8.78 Å². The van der Waals surface area contributed by atoms with E-state index in [2.05, 4.69) is 14.8 Å². The summed E-state index contributed by atoms with van der Waals surface area (Å²) in [6.45, 7) is 3.90. The molecule has 0 radical (unpaired) electrons. The topological polar surface area (TPSA) is 80.2 Å². The van der Waals surface area contributed by atoms with Crippen LogP contribution in [-0.2, 0) is 4.74 Å². The number of aliphatic hydroxyl groups excluding tert-OH is 1. The van der Waals surface area contributed by atoms with Gasteiger partial charge in [-0.05, 0) is 118 Å². The molecule has 0 bridgehead atoms. The van der Waals surface area contributed by atoms with E-state index in [0.29, 0.717) is 47.2 Å². The number of benzene rings is 2. The molecule has 3 aliphatic heterocycles. The lowest BCUT2D eigenvalue weighted by molar-refractivity contribution is -0.0396. The van der Waals surface area contributed by atoms with Crippen molar-refractivity contribution in [1.29, 1.82) is 0 Å². The first-order chi connectivity index (χ1) is 22.3. The molecule has 11 heteroatoms. The van der Waals surface area contributed by atoms with Gasteiger partial charge in [0.2, 0.25) is 0 Å². The van der Waals surface area contributed by atoms with Gasteiger partial charge in [0, 0.05) is 30.6 Å². The number of nitrogens with zero attached hydrogens (tertiary/aromatic N) is 4. The second-order valence-corrected chi connectivity index (χ2v) is 14.7. The molecule has 2 saturated carbocycles. The number of methoxy groups -OCH3 is 1. The number of rotatable bonds is 9. The Morgan fingerprint density at radius 2 is 1.76 bits per heavy atom. The Bertz CT molecular complexity index is 1650. The number of anilines is 1. The molecule has 46 heavy (non-hydrogen) atoms. The van der Waals surface area contributed by atoms with Crippen molar-refractivity contribution in [3.63, 3.8) is 0 Å². The van der Waals surface area contributed by atoms with E-state index in [4.69, 9.17) is 30.8 Å². The number of piperidine rings is 1. The molecule has 2 aromatic carbocycles. The summed E-state index contributed by atoms with van der Waals surface area (Å²) in [5.41, 5.74) is 0.880. The fraction of sp³-hybridized carbons (Fsp3) is 0.600. The number of halogens is 3. The zero-order valence-corrected chi connectivity index (χ0v) is 27.1. The minimum Gasteiger partial charge on any atom is -0.467 e. The van der Waals surface area contributed by atoms with Gasteiger partial charge in [-0.2, -0.15) is 9.97 Å². The lowest BCUT2D eigenvalue weighted by Gasteiger charge is -2.51. The standard InChI is InChI=1S/C35H41ClF2N4O4/c1-44-20-46-23-13-24(28(21-5-6-21)26(36)14-23)29-27(37)15-25-31(30(29)38)39-33(45-19-35-8-3-11-42(35)12-4-9-35)40-32(25)41-10-2-7-34(18-41)16-22(43)17-34/h13-15,21-22,43H,2-12,16-20H2,1H3. The van der Waals surface area contributed by atoms with Gasteiger partial charge in [0.05, 0.1) is 17.2 Å². The van der Waals surface area contributed by atoms with E-state index in [1.54, 1.807) is 12.1 Å². The monoisotopic (exact) mass is 654 g/mol. The number of aliphatic hydroxyl groups is 1. The van der Waals surface area contributed by atoms with Crippen molar-refractivity contribution in [3.8, 4) is 22.9 Å². The van der Waals surface area contributed by atoms with Crippen LogP contribution >= 0.6 is 11.6 Å². The summed E-state index contributed by atoms with van der Waals surface area (Å²) in [7, 11) is 1.51. The molecule has 8 nitrogen and oxygen atoms in total. The third-order valence-corrected chi connectivity index (χ3v) is 11.4. The molecule has 3 aromatic rings. The molecule has 1 aromatic heterocycles. The summed E-state index contributed by atoms with van der Waals surface area (Å²) >= 11 is 6.74. The van der Waals surface area contributed by atoms with Crippen molar-refractivity contribution in [2.45, 2.75) is 81.8 Å². The van der Waals surface area contributed by atoms with Crippen molar-refractivity contribution in [1.82, 2.24) is 14.9 Å². The van der Waals surface area contributed by atoms with Crippen LogP contribution in [0.15, 0.2) is 18.2 Å². The van der Waals surface area contributed by atoms with Gasteiger partial charge < -0.3 is 24.2 Å². The second kappa shape index (κ2) is 11.7. The predicted octanol–water partition coefficient (Wildman–Crippen LogP) is 6.84. The van der Waals surface area contributed by atoms with Crippen LogP contribution in [-0.4, -0.2) is 78.3 Å². The normalized spacial score (nSPS) is 25.7.